The van der Waals surface area contributed by atoms with Crippen molar-refractivity contribution in [3.05, 3.63) is 71.3 Å². The second-order valence-electron chi connectivity index (χ2n) is 16.5. The van der Waals surface area contributed by atoms with E-state index in [0.29, 0.717) is 67.7 Å². The lowest BCUT2D eigenvalue weighted by Crippen LogP contribution is -2.49. The zero-order valence-corrected chi connectivity index (χ0v) is 34.2. The number of carbonyl (C=O) groups is 3. The van der Waals surface area contributed by atoms with Crippen molar-refractivity contribution in [1.29, 1.82) is 0 Å². The number of benzene rings is 2. The maximum absolute atomic E-state index is 14.9. The number of Topliss-reactive ketones (excluding diaryl/α,β-unsaturated/α-hetero) is 1. The van der Waals surface area contributed by atoms with Crippen LogP contribution in [0.3, 0.4) is 0 Å². The van der Waals surface area contributed by atoms with E-state index in [1.807, 2.05) is 12.1 Å². The predicted molar refractivity (Wildman–Crippen MR) is 209 cm³/mol. The van der Waals surface area contributed by atoms with E-state index in [0.717, 1.165) is 11.1 Å². The molecule has 1 aromatic heterocycles. The van der Waals surface area contributed by atoms with Crippen LogP contribution in [0.5, 0.6) is 23.0 Å². The Morgan fingerprint density at radius 1 is 0.746 bits per heavy atom. The molecular weight excluding hydrogens is 774 g/mol. The van der Waals surface area contributed by atoms with Gasteiger partial charge in [-0.3, -0.25) is 14.4 Å². The van der Waals surface area contributed by atoms with E-state index >= 15 is 0 Å². The van der Waals surface area contributed by atoms with Crippen molar-refractivity contribution in [2.75, 3.05) is 41.5 Å². The number of carbonyl (C=O) groups excluding carboxylic acids is 3. The number of hydrogen-bond acceptors (Lipinski definition) is 10. The molecule has 2 aromatic carbocycles. The van der Waals surface area contributed by atoms with Gasteiger partial charge in [-0.2, -0.15) is 0 Å². The fourth-order valence-corrected chi connectivity index (χ4v) is 9.58. The minimum atomic E-state index is -3.01. The number of nitrogens with zero attached hydrogens (tertiary/aromatic N) is 4. The number of nitrogens with two attached hydrogens (primary N) is 1. The van der Waals surface area contributed by atoms with Gasteiger partial charge in [-0.25, -0.2) is 27.5 Å². The quantitative estimate of drug-likeness (QED) is 0.162. The zero-order valence-electron chi connectivity index (χ0n) is 34.2. The topological polar surface area (TPSA) is 146 Å². The smallest absolute Gasteiger partial charge is 0.250 e. The predicted octanol–water partition coefficient (Wildman–Crippen LogP) is 6.80. The summed E-state index contributed by atoms with van der Waals surface area (Å²) in [5.41, 5.74) is 5.46. The SMILES string of the molecule is COc1ccc(CN2CC[C@]3(C[C@H](CC(=O)c4ccnc(C)n4)CC(F)(F)C3)C2=O)c(OC)c1.COc1ccc(CN2CC[C@]3(C[C@H](N)CC(F)(F)C3)C2=O)c(OC)c1. The molecule has 59 heavy (non-hydrogen) atoms. The fraction of sp³-hybridized carbons (Fsp3) is 0.558. The number of alkyl halides is 4. The van der Waals surface area contributed by atoms with Crippen LogP contribution in [0.4, 0.5) is 17.6 Å². The molecule has 3 aromatic rings. The van der Waals surface area contributed by atoms with E-state index in [1.54, 1.807) is 62.3 Å². The lowest BCUT2D eigenvalue weighted by molar-refractivity contribution is -0.151. The molecule has 2 spiro atoms. The molecule has 3 heterocycles. The Kier molecular flexibility index (Phi) is 12.8. The van der Waals surface area contributed by atoms with Crippen molar-refractivity contribution in [3.63, 3.8) is 0 Å². The van der Waals surface area contributed by atoms with Gasteiger partial charge in [0.05, 0.1) is 39.3 Å². The van der Waals surface area contributed by atoms with Crippen molar-refractivity contribution >= 4 is 17.6 Å². The van der Waals surface area contributed by atoms with Crippen LogP contribution in [0, 0.1) is 23.7 Å². The monoisotopic (exact) mass is 827 g/mol. The molecular formula is C43H53F4N5O7. The second-order valence-corrected chi connectivity index (χ2v) is 16.5. The summed E-state index contributed by atoms with van der Waals surface area (Å²) in [6.07, 6.45) is 1.18. The van der Waals surface area contributed by atoms with Gasteiger partial charge in [0.2, 0.25) is 17.7 Å². The molecule has 4 atom stereocenters. The Hall–Kier alpha value is -4.99. The van der Waals surface area contributed by atoms with Crippen LogP contribution >= 0.6 is 0 Å². The Morgan fingerprint density at radius 2 is 1.25 bits per heavy atom. The molecule has 16 heteroatoms. The first-order chi connectivity index (χ1) is 27.9. The number of rotatable bonds is 11. The van der Waals surface area contributed by atoms with Crippen LogP contribution in [0.15, 0.2) is 48.7 Å². The van der Waals surface area contributed by atoms with E-state index in [9.17, 15) is 31.9 Å². The van der Waals surface area contributed by atoms with E-state index in [2.05, 4.69) is 9.97 Å². The first-order valence-corrected chi connectivity index (χ1v) is 19.8. The maximum atomic E-state index is 14.9. The number of methoxy groups -OCH3 is 4. The van der Waals surface area contributed by atoms with Crippen molar-refractivity contribution in [2.24, 2.45) is 22.5 Å². The maximum Gasteiger partial charge on any atom is 0.250 e. The summed E-state index contributed by atoms with van der Waals surface area (Å²) in [6.45, 7) is 3.11. The van der Waals surface area contributed by atoms with Crippen LogP contribution in [0.2, 0.25) is 0 Å². The number of aryl methyl sites for hydroxylation is 1. The summed E-state index contributed by atoms with van der Waals surface area (Å²) >= 11 is 0. The average Bonchev–Trinajstić information content (AvgIpc) is 3.62. The number of ether oxygens (including phenoxy) is 4. The minimum Gasteiger partial charge on any atom is -0.497 e. The van der Waals surface area contributed by atoms with Crippen LogP contribution in [0.25, 0.3) is 0 Å². The first-order valence-electron chi connectivity index (χ1n) is 19.8. The number of ketones is 1. The second kappa shape index (κ2) is 17.3. The first kappa shape index (κ1) is 43.6. The van der Waals surface area contributed by atoms with E-state index in [-0.39, 0.29) is 49.1 Å². The highest BCUT2D eigenvalue weighted by atomic mass is 19.3. The van der Waals surface area contributed by atoms with Gasteiger partial charge in [0, 0.05) is 93.8 Å². The lowest BCUT2D eigenvalue weighted by atomic mass is 9.66. The molecule has 0 radical (unpaired) electrons. The van der Waals surface area contributed by atoms with Crippen LogP contribution < -0.4 is 24.7 Å². The van der Waals surface area contributed by atoms with Crippen molar-refractivity contribution in [3.8, 4) is 23.0 Å². The Morgan fingerprint density at radius 3 is 1.73 bits per heavy atom. The van der Waals surface area contributed by atoms with Crippen LogP contribution in [-0.2, 0) is 22.7 Å². The molecule has 2 saturated carbocycles. The molecule has 2 amide bonds. The van der Waals surface area contributed by atoms with E-state index in [1.165, 1.54) is 19.4 Å². The number of amides is 2. The van der Waals surface area contributed by atoms with Gasteiger partial charge >= 0.3 is 0 Å². The molecule has 2 saturated heterocycles. The molecule has 320 valence electrons. The van der Waals surface area contributed by atoms with Crippen molar-refractivity contribution in [2.45, 2.75) is 95.7 Å². The third kappa shape index (κ3) is 9.74. The molecule has 2 N–H and O–H groups in total. The number of hydrogen-bond donors (Lipinski definition) is 1. The zero-order chi connectivity index (χ0) is 42.8. The summed E-state index contributed by atoms with van der Waals surface area (Å²) in [5, 5.41) is 0. The molecule has 2 aliphatic carbocycles. The van der Waals surface area contributed by atoms with Crippen molar-refractivity contribution < 1.29 is 50.9 Å². The van der Waals surface area contributed by atoms with Gasteiger partial charge in [-0.1, -0.05) is 0 Å². The standard InChI is InChI=1S/C25H29F2N3O4.C18H24F2N2O3/c1-16-28-8-6-20(29-16)21(31)10-17-12-24(15-25(26,27)13-17)7-9-30(23(24)32)14-18-4-5-19(33-2)11-22(18)34-3;1-24-14-4-3-12(15(7-14)25-2)10-22-6-5-17(16(22)23)8-13(21)9-18(19,20)11-17/h4-6,8,11,17H,7,9-10,12-15H2,1-3H3;3-4,7,13H,5-6,8-11,21H2,1-2H3/t17-,24+;13-,17+/m00/s1. The van der Waals surface area contributed by atoms with Crippen LogP contribution in [0.1, 0.15) is 85.2 Å². The highest BCUT2D eigenvalue weighted by Gasteiger charge is 2.58. The van der Waals surface area contributed by atoms with Crippen LogP contribution in [-0.4, -0.2) is 96.8 Å². The average molecular weight is 828 g/mol. The summed E-state index contributed by atoms with van der Waals surface area (Å²) in [5.74, 6) is -4.35. The highest BCUT2D eigenvalue weighted by Crippen LogP contribution is 2.54. The van der Waals surface area contributed by atoms with E-state index in [4.69, 9.17) is 24.7 Å². The fourth-order valence-electron chi connectivity index (χ4n) is 9.58. The third-order valence-corrected chi connectivity index (χ3v) is 12.1. The lowest BCUT2D eigenvalue weighted by Gasteiger charge is -2.40. The van der Waals surface area contributed by atoms with Gasteiger partial charge in [0.1, 0.15) is 34.5 Å². The normalized spacial score (nSPS) is 25.8. The number of aromatic nitrogens is 2. The van der Waals surface area contributed by atoms with Gasteiger partial charge in [-0.05, 0) is 68.9 Å². The molecule has 12 nitrogen and oxygen atoms in total. The van der Waals surface area contributed by atoms with Gasteiger partial charge < -0.3 is 34.5 Å². The summed E-state index contributed by atoms with van der Waals surface area (Å²) in [7, 11) is 6.20. The molecule has 4 aliphatic rings. The van der Waals surface area contributed by atoms with Gasteiger partial charge in [-0.15, -0.1) is 0 Å². The molecule has 7 rings (SSSR count). The third-order valence-electron chi connectivity index (χ3n) is 12.1. The molecule has 4 fully saturated rings. The Balaban J connectivity index is 0.000000208. The van der Waals surface area contributed by atoms with Crippen molar-refractivity contribution in [1.82, 2.24) is 19.8 Å². The number of halogens is 4. The summed E-state index contributed by atoms with van der Waals surface area (Å²) in [6, 6.07) is 11.6. The molecule has 2 aliphatic heterocycles. The van der Waals surface area contributed by atoms with Gasteiger partial charge in [0.25, 0.3) is 5.92 Å². The Bertz CT molecular complexity index is 2040. The molecule has 0 bridgehead atoms. The Labute approximate surface area is 341 Å². The van der Waals surface area contributed by atoms with E-state index < -0.39 is 53.9 Å². The van der Waals surface area contributed by atoms with Gasteiger partial charge in [0.15, 0.2) is 5.78 Å². The highest BCUT2D eigenvalue weighted by molar-refractivity contribution is 5.94. The molecule has 0 unspecified atom stereocenters. The summed E-state index contributed by atoms with van der Waals surface area (Å²) in [4.78, 5) is 50.5. The largest absolute Gasteiger partial charge is 0.497 e. The minimum absolute atomic E-state index is 0.0621. The number of likely N-dealkylation sites (tertiary alicyclic amines) is 2. The summed E-state index contributed by atoms with van der Waals surface area (Å²) < 4.78 is 78.9.